The van der Waals surface area contributed by atoms with Crippen LogP contribution < -0.4 is 0 Å². The molecular formula is C64H54O2. The molecule has 0 saturated heterocycles. The number of hydrogen-bond donors (Lipinski definition) is 0. The molecule has 12 aromatic rings. The molecule has 0 aliphatic carbocycles. The van der Waals surface area contributed by atoms with Gasteiger partial charge in [-0.3, -0.25) is 0 Å². The number of rotatable bonds is 4. The first-order chi connectivity index (χ1) is 31.6. The van der Waals surface area contributed by atoms with Crippen LogP contribution in [0.15, 0.2) is 154 Å². The molecule has 0 amide bonds. The van der Waals surface area contributed by atoms with Crippen LogP contribution in [0.25, 0.3) is 121 Å². The van der Waals surface area contributed by atoms with Gasteiger partial charge in [-0.05, 0) is 176 Å². The second-order valence-corrected chi connectivity index (χ2v) is 21.1. The molecule has 0 N–H and O–H groups in total. The van der Waals surface area contributed by atoms with Crippen molar-refractivity contribution in [2.24, 2.45) is 0 Å². The Morgan fingerprint density at radius 3 is 1.02 bits per heavy atom. The predicted molar refractivity (Wildman–Crippen MR) is 283 cm³/mol. The lowest BCUT2D eigenvalue weighted by molar-refractivity contribution is 0.590. The maximum atomic E-state index is 7.19. The van der Waals surface area contributed by atoms with Gasteiger partial charge in [0.25, 0.3) is 0 Å². The van der Waals surface area contributed by atoms with Gasteiger partial charge in [-0.15, -0.1) is 0 Å². The smallest absolute Gasteiger partial charge is 0.143 e. The Morgan fingerprint density at radius 2 is 0.667 bits per heavy atom. The second kappa shape index (κ2) is 14.2. The SMILES string of the molecule is Cc1cccc(C)c1-c1ccc2c(c1)oc1c2cc2c(-c3ccc(C(C)(C)C)cc3)cc3c4oc5cc(-c6c(C)cccc6C)ccc5c4cc4c(-c5ccc(C(C)(C)C)cc5)cc1c2c43. The minimum absolute atomic E-state index is 0.0346. The average molecular weight is 855 g/mol. The highest BCUT2D eigenvalue weighted by atomic mass is 16.3. The van der Waals surface area contributed by atoms with Crippen molar-refractivity contribution in [3.8, 4) is 44.5 Å². The van der Waals surface area contributed by atoms with Gasteiger partial charge in [0, 0.05) is 43.1 Å². The van der Waals surface area contributed by atoms with Crippen molar-refractivity contribution in [1.29, 1.82) is 0 Å². The van der Waals surface area contributed by atoms with Crippen LogP contribution in [0.3, 0.4) is 0 Å². The zero-order chi connectivity index (χ0) is 45.6. The zero-order valence-electron chi connectivity index (χ0n) is 39.7. The highest BCUT2D eigenvalue weighted by Gasteiger charge is 2.26. The van der Waals surface area contributed by atoms with E-state index >= 15 is 0 Å². The minimum atomic E-state index is 0.0346. The average Bonchev–Trinajstić information content (AvgIpc) is 3.84. The van der Waals surface area contributed by atoms with Gasteiger partial charge in [-0.2, -0.15) is 0 Å². The molecule has 12 rings (SSSR count). The fraction of sp³-hybridized carbons (Fsp3) is 0.188. The summed E-state index contributed by atoms with van der Waals surface area (Å²) in [6.45, 7) is 22.5. The summed E-state index contributed by atoms with van der Waals surface area (Å²) in [4.78, 5) is 0. The summed E-state index contributed by atoms with van der Waals surface area (Å²) in [5.41, 5.74) is 21.0. The van der Waals surface area contributed by atoms with Crippen LogP contribution in [0.2, 0.25) is 0 Å². The standard InChI is InChI=1S/C64H54O2/c1-35-13-11-14-36(2)57(35)41-21-27-45-51-33-49-48(40-19-25-44(26-20-40)64(8,9)10)32-54-60-50(34-52-46-28-22-42(30-56(46)66-62(52)54)58-37(3)15-12-16-38(58)4)47(39-17-23-43(24-18-39)63(5,6)7)31-53(59(49)60)61(51)65-55(45)29-41/h11-34H,1-10H3. The van der Waals surface area contributed by atoms with Crippen LogP contribution in [-0.4, -0.2) is 0 Å². The van der Waals surface area contributed by atoms with E-state index in [0.717, 1.165) is 54.6 Å². The fourth-order valence-electron chi connectivity index (χ4n) is 11.2. The topological polar surface area (TPSA) is 26.3 Å². The monoisotopic (exact) mass is 854 g/mol. The zero-order valence-corrected chi connectivity index (χ0v) is 39.7. The van der Waals surface area contributed by atoms with E-state index in [1.54, 1.807) is 0 Å². The van der Waals surface area contributed by atoms with E-state index in [1.165, 1.54) is 99.4 Å². The van der Waals surface area contributed by atoms with Crippen molar-refractivity contribution in [3.63, 3.8) is 0 Å². The summed E-state index contributed by atoms with van der Waals surface area (Å²) in [6, 6.07) is 54.8. The Kier molecular flexibility index (Phi) is 8.66. The van der Waals surface area contributed by atoms with Crippen molar-refractivity contribution in [2.75, 3.05) is 0 Å². The van der Waals surface area contributed by atoms with E-state index in [2.05, 4.69) is 215 Å². The van der Waals surface area contributed by atoms with Crippen LogP contribution in [-0.2, 0) is 10.8 Å². The molecule has 2 heteroatoms. The summed E-state index contributed by atoms with van der Waals surface area (Å²) in [6.07, 6.45) is 0. The number of benzene rings is 10. The van der Waals surface area contributed by atoms with Gasteiger partial charge in [0.1, 0.15) is 22.3 Å². The van der Waals surface area contributed by atoms with Gasteiger partial charge in [0.15, 0.2) is 0 Å². The summed E-state index contributed by atoms with van der Waals surface area (Å²) >= 11 is 0. The minimum Gasteiger partial charge on any atom is -0.455 e. The van der Waals surface area contributed by atoms with E-state index in [-0.39, 0.29) is 10.8 Å². The largest absolute Gasteiger partial charge is 0.455 e. The molecule has 0 atom stereocenters. The first-order valence-corrected chi connectivity index (χ1v) is 23.5. The van der Waals surface area contributed by atoms with Crippen LogP contribution in [0.1, 0.15) is 74.9 Å². The third-order valence-electron chi connectivity index (χ3n) is 14.7. The first-order valence-electron chi connectivity index (χ1n) is 23.5. The van der Waals surface area contributed by atoms with Gasteiger partial charge in [-0.25, -0.2) is 0 Å². The Labute approximate surface area is 386 Å². The molecule has 2 nitrogen and oxygen atoms in total. The van der Waals surface area contributed by atoms with Crippen LogP contribution >= 0.6 is 0 Å². The molecule has 0 bridgehead atoms. The van der Waals surface area contributed by atoms with Crippen molar-refractivity contribution >= 4 is 76.2 Å². The molecule has 2 aromatic heterocycles. The van der Waals surface area contributed by atoms with Crippen molar-refractivity contribution in [1.82, 2.24) is 0 Å². The molecule has 10 aromatic carbocycles. The van der Waals surface area contributed by atoms with E-state index in [1.807, 2.05) is 0 Å². The Bertz CT molecular complexity index is 3650. The maximum Gasteiger partial charge on any atom is 0.143 e. The molecule has 0 spiro atoms. The normalized spacial score (nSPS) is 12.7. The van der Waals surface area contributed by atoms with Gasteiger partial charge in [0.2, 0.25) is 0 Å². The summed E-state index contributed by atoms with van der Waals surface area (Å²) < 4.78 is 14.4. The van der Waals surface area contributed by atoms with E-state index < -0.39 is 0 Å². The maximum absolute atomic E-state index is 7.19. The lowest BCUT2D eigenvalue weighted by atomic mass is 9.82. The fourth-order valence-corrected chi connectivity index (χ4v) is 11.2. The van der Waals surface area contributed by atoms with Gasteiger partial charge < -0.3 is 8.83 Å². The number of furan rings is 2. The van der Waals surface area contributed by atoms with E-state index in [0.29, 0.717) is 0 Å². The quantitative estimate of drug-likeness (QED) is 0.165. The molecule has 0 saturated carbocycles. The van der Waals surface area contributed by atoms with Gasteiger partial charge in [0.05, 0.1) is 0 Å². The summed E-state index contributed by atoms with van der Waals surface area (Å²) in [5.74, 6) is 0. The lowest BCUT2D eigenvalue weighted by Gasteiger charge is -2.21. The van der Waals surface area contributed by atoms with Crippen molar-refractivity contribution < 1.29 is 8.83 Å². The molecule has 0 aliphatic heterocycles. The lowest BCUT2D eigenvalue weighted by Crippen LogP contribution is -2.10. The summed E-state index contributed by atoms with van der Waals surface area (Å²) in [5, 5.41) is 11.5. The molecule has 322 valence electrons. The van der Waals surface area contributed by atoms with Crippen LogP contribution in [0.5, 0.6) is 0 Å². The third kappa shape index (κ3) is 6.07. The van der Waals surface area contributed by atoms with Crippen molar-refractivity contribution in [2.45, 2.75) is 80.1 Å². The van der Waals surface area contributed by atoms with Gasteiger partial charge in [-0.1, -0.05) is 139 Å². The molecule has 66 heavy (non-hydrogen) atoms. The Balaban J connectivity index is 1.23. The predicted octanol–water partition coefficient (Wildman–Crippen LogP) is 18.9. The molecule has 0 aliphatic rings. The number of hydrogen-bond acceptors (Lipinski definition) is 2. The number of aryl methyl sites for hydroxylation is 4. The van der Waals surface area contributed by atoms with E-state index in [9.17, 15) is 0 Å². The number of fused-ring (bicyclic) bond motifs is 8. The Morgan fingerprint density at radius 1 is 0.318 bits per heavy atom. The highest BCUT2D eigenvalue weighted by molar-refractivity contribution is 6.38. The molecule has 2 heterocycles. The summed E-state index contributed by atoms with van der Waals surface area (Å²) in [7, 11) is 0. The van der Waals surface area contributed by atoms with Crippen LogP contribution in [0.4, 0.5) is 0 Å². The molecule has 0 fully saturated rings. The Hall–Kier alpha value is -7.16. The van der Waals surface area contributed by atoms with Crippen molar-refractivity contribution in [3.05, 3.63) is 179 Å². The molecule has 0 radical (unpaired) electrons. The van der Waals surface area contributed by atoms with Gasteiger partial charge >= 0.3 is 0 Å². The molecular weight excluding hydrogens is 801 g/mol. The van der Waals surface area contributed by atoms with E-state index in [4.69, 9.17) is 8.83 Å². The van der Waals surface area contributed by atoms with Crippen LogP contribution in [0, 0.1) is 27.7 Å². The first kappa shape index (κ1) is 40.4. The third-order valence-corrected chi connectivity index (χ3v) is 14.7. The second-order valence-electron chi connectivity index (χ2n) is 21.1. The highest BCUT2D eigenvalue weighted by Crippen LogP contribution is 2.51. The molecule has 0 unspecified atom stereocenters.